The SMILES string of the molecule is FC(F)OCCCNCc1ccccc1. The fourth-order valence-corrected chi connectivity index (χ4v) is 1.20. The highest BCUT2D eigenvalue weighted by atomic mass is 19.3. The van der Waals surface area contributed by atoms with Crippen molar-refractivity contribution >= 4 is 0 Å². The molecule has 0 spiro atoms. The van der Waals surface area contributed by atoms with Gasteiger partial charge in [-0.15, -0.1) is 0 Å². The van der Waals surface area contributed by atoms with Crippen molar-refractivity contribution in [2.75, 3.05) is 13.2 Å². The molecule has 0 aliphatic rings. The third-order valence-corrected chi connectivity index (χ3v) is 1.91. The molecule has 0 heterocycles. The second-order valence-corrected chi connectivity index (χ2v) is 3.15. The van der Waals surface area contributed by atoms with E-state index < -0.39 is 6.61 Å². The van der Waals surface area contributed by atoms with E-state index in [1.807, 2.05) is 30.3 Å². The Bertz CT molecular complexity index is 254. The maximum atomic E-state index is 11.6. The minimum absolute atomic E-state index is 0.0967. The van der Waals surface area contributed by atoms with Gasteiger partial charge in [-0.1, -0.05) is 30.3 Å². The van der Waals surface area contributed by atoms with Crippen molar-refractivity contribution in [1.29, 1.82) is 0 Å². The first-order valence-corrected chi connectivity index (χ1v) is 4.93. The molecule has 0 saturated carbocycles. The van der Waals surface area contributed by atoms with Gasteiger partial charge in [0.15, 0.2) is 0 Å². The number of ether oxygens (including phenoxy) is 1. The van der Waals surface area contributed by atoms with Gasteiger partial charge in [-0.2, -0.15) is 8.78 Å². The molecule has 0 unspecified atom stereocenters. The summed E-state index contributed by atoms with van der Waals surface area (Å²) in [6.45, 7) is -1.12. The van der Waals surface area contributed by atoms with E-state index in [2.05, 4.69) is 10.1 Å². The van der Waals surface area contributed by atoms with Crippen molar-refractivity contribution in [2.24, 2.45) is 0 Å². The maximum Gasteiger partial charge on any atom is 0.345 e. The first-order chi connectivity index (χ1) is 7.29. The van der Waals surface area contributed by atoms with Gasteiger partial charge in [0.2, 0.25) is 0 Å². The van der Waals surface area contributed by atoms with Gasteiger partial charge in [0.1, 0.15) is 0 Å². The van der Waals surface area contributed by atoms with Crippen molar-refractivity contribution in [1.82, 2.24) is 5.32 Å². The zero-order valence-electron chi connectivity index (χ0n) is 8.46. The van der Waals surface area contributed by atoms with Crippen LogP contribution >= 0.6 is 0 Å². The van der Waals surface area contributed by atoms with Crippen LogP contribution in [0.1, 0.15) is 12.0 Å². The van der Waals surface area contributed by atoms with Gasteiger partial charge in [0.25, 0.3) is 0 Å². The van der Waals surface area contributed by atoms with Gasteiger partial charge in [-0.05, 0) is 18.5 Å². The lowest BCUT2D eigenvalue weighted by Crippen LogP contribution is -2.16. The first-order valence-electron chi connectivity index (χ1n) is 4.93. The standard InChI is InChI=1S/C11H15F2NO/c12-11(13)15-8-4-7-14-9-10-5-2-1-3-6-10/h1-3,5-6,11,14H,4,7-9H2. The number of nitrogens with one attached hydrogen (secondary N) is 1. The Balaban J connectivity index is 1.98. The second-order valence-electron chi connectivity index (χ2n) is 3.15. The van der Waals surface area contributed by atoms with Crippen molar-refractivity contribution < 1.29 is 13.5 Å². The molecule has 0 aliphatic carbocycles. The zero-order valence-corrected chi connectivity index (χ0v) is 8.46. The molecule has 0 amide bonds. The van der Waals surface area contributed by atoms with Crippen LogP contribution in [0.15, 0.2) is 30.3 Å². The highest BCUT2D eigenvalue weighted by Crippen LogP contribution is 1.98. The molecule has 0 aliphatic heterocycles. The van der Waals surface area contributed by atoms with Gasteiger partial charge in [-0.25, -0.2) is 0 Å². The van der Waals surface area contributed by atoms with Crippen LogP contribution in [0.2, 0.25) is 0 Å². The molecule has 0 radical (unpaired) electrons. The van der Waals surface area contributed by atoms with Gasteiger partial charge in [0, 0.05) is 6.54 Å². The molecule has 2 nitrogen and oxygen atoms in total. The molecule has 84 valence electrons. The zero-order chi connectivity index (χ0) is 10.9. The average molecular weight is 215 g/mol. The lowest BCUT2D eigenvalue weighted by atomic mass is 10.2. The third-order valence-electron chi connectivity index (χ3n) is 1.91. The topological polar surface area (TPSA) is 21.3 Å². The molecular weight excluding hydrogens is 200 g/mol. The van der Waals surface area contributed by atoms with Gasteiger partial charge in [0.05, 0.1) is 6.61 Å². The van der Waals surface area contributed by atoms with Crippen molar-refractivity contribution in [3.8, 4) is 0 Å². The quantitative estimate of drug-likeness (QED) is 0.705. The summed E-state index contributed by atoms with van der Waals surface area (Å²) in [5, 5.41) is 3.15. The Hall–Kier alpha value is -1.00. The summed E-state index contributed by atoms with van der Waals surface area (Å²) < 4.78 is 27.3. The monoisotopic (exact) mass is 215 g/mol. The van der Waals surface area contributed by atoms with Crippen LogP contribution in [0, 0.1) is 0 Å². The highest BCUT2D eigenvalue weighted by molar-refractivity contribution is 5.14. The summed E-state index contributed by atoms with van der Waals surface area (Å²) in [6, 6.07) is 9.93. The van der Waals surface area contributed by atoms with E-state index in [1.165, 1.54) is 5.56 Å². The number of alkyl halides is 2. The lowest BCUT2D eigenvalue weighted by Gasteiger charge is -2.05. The Morgan fingerprint density at radius 3 is 2.60 bits per heavy atom. The number of benzene rings is 1. The fourth-order valence-electron chi connectivity index (χ4n) is 1.20. The maximum absolute atomic E-state index is 11.6. The molecule has 1 aromatic carbocycles. The van der Waals surface area contributed by atoms with Gasteiger partial charge in [-0.3, -0.25) is 0 Å². The summed E-state index contributed by atoms with van der Waals surface area (Å²) in [5.41, 5.74) is 1.19. The normalized spacial score (nSPS) is 10.9. The first kappa shape index (κ1) is 12.1. The molecule has 1 aromatic rings. The average Bonchev–Trinajstić information content (AvgIpc) is 2.24. The molecule has 1 rings (SSSR count). The van der Waals surface area contributed by atoms with E-state index >= 15 is 0 Å². The van der Waals surface area contributed by atoms with E-state index in [1.54, 1.807) is 0 Å². The largest absolute Gasteiger partial charge is 0.345 e. The molecule has 0 aromatic heterocycles. The summed E-state index contributed by atoms with van der Waals surface area (Å²) in [6.07, 6.45) is 0.594. The Morgan fingerprint density at radius 1 is 1.20 bits per heavy atom. The second kappa shape index (κ2) is 7.31. The summed E-state index contributed by atoms with van der Waals surface area (Å²) in [5.74, 6) is 0. The number of rotatable bonds is 7. The molecule has 0 bridgehead atoms. The molecule has 4 heteroatoms. The summed E-state index contributed by atoms with van der Waals surface area (Å²) >= 11 is 0. The van der Waals surface area contributed by atoms with Crippen LogP contribution < -0.4 is 5.32 Å². The summed E-state index contributed by atoms with van der Waals surface area (Å²) in [4.78, 5) is 0. The Kier molecular flexibility index (Phi) is 5.88. The number of hydrogen-bond donors (Lipinski definition) is 1. The predicted octanol–water partition coefficient (Wildman–Crippen LogP) is 2.41. The van der Waals surface area contributed by atoms with E-state index in [4.69, 9.17) is 0 Å². The van der Waals surface area contributed by atoms with E-state index in [9.17, 15) is 8.78 Å². The third kappa shape index (κ3) is 6.14. The van der Waals surface area contributed by atoms with Crippen LogP contribution in [0.25, 0.3) is 0 Å². The van der Waals surface area contributed by atoms with Crippen LogP contribution in [0.4, 0.5) is 8.78 Å². The van der Waals surface area contributed by atoms with Gasteiger partial charge >= 0.3 is 6.61 Å². The van der Waals surface area contributed by atoms with Crippen LogP contribution in [-0.2, 0) is 11.3 Å². The van der Waals surface area contributed by atoms with Gasteiger partial charge < -0.3 is 10.1 Å². The van der Waals surface area contributed by atoms with Crippen molar-refractivity contribution in [2.45, 2.75) is 19.6 Å². The fraction of sp³-hybridized carbons (Fsp3) is 0.455. The minimum Gasteiger partial charge on any atom is -0.323 e. The van der Waals surface area contributed by atoms with E-state index in [0.717, 1.165) is 6.54 Å². The molecule has 0 saturated heterocycles. The summed E-state index contributed by atoms with van der Waals surface area (Å²) in [7, 11) is 0. The Morgan fingerprint density at radius 2 is 1.93 bits per heavy atom. The lowest BCUT2D eigenvalue weighted by molar-refractivity contribution is -0.128. The van der Waals surface area contributed by atoms with Crippen molar-refractivity contribution in [3.63, 3.8) is 0 Å². The smallest absolute Gasteiger partial charge is 0.323 e. The number of halogens is 2. The number of hydrogen-bond acceptors (Lipinski definition) is 2. The minimum atomic E-state index is -2.65. The molecule has 0 fully saturated rings. The van der Waals surface area contributed by atoms with Crippen molar-refractivity contribution in [3.05, 3.63) is 35.9 Å². The Labute approximate surface area is 88.3 Å². The van der Waals surface area contributed by atoms with Crippen LogP contribution in [0.3, 0.4) is 0 Å². The molecule has 15 heavy (non-hydrogen) atoms. The predicted molar refractivity (Wildman–Crippen MR) is 54.7 cm³/mol. The van der Waals surface area contributed by atoms with Crippen LogP contribution in [-0.4, -0.2) is 19.8 Å². The van der Waals surface area contributed by atoms with Crippen LogP contribution in [0.5, 0.6) is 0 Å². The molecule has 0 atom stereocenters. The van der Waals surface area contributed by atoms with E-state index in [0.29, 0.717) is 13.0 Å². The molecular formula is C11H15F2NO. The van der Waals surface area contributed by atoms with E-state index in [-0.39, 0.29) is 6.61 Å². The molecule has 1 N–H and O–H groups in total. The highest BCUT2D eigenvalue weighted by Gasteiger charge is 1.99.